The van der Waals surface area contributed by atoms with Gasteiger partial charge in [-0.15, -0.1) is 0 Å². The molecule has 0 unspecified atom stereocenters. The summed E-state index contributed by atoms with van der Waals surface area (Å²) in [6, 6.07) is 0.773. The van der Waals surface area contributed by atoms with Crippen molar-refractivity contribution in [3.05, 3.63) is 24.8 Å². The van der Waals surface area contributed by atoms with Crippen LogP contribution in [0.1, 0.15) is 48.2 Å². The molecule has 0 aliphatic heterocycles. The number of rotatable bonds is 7. The molecule has 0 spiro atoms. The second-order valence-corrected chi connectivity index (χ2v) is 2.72. The molecule has 0 aromatic carbocycles. The van der Waals surface area contributed by atoms with Gasteiger partial charge in [0.1, 0.15) is 0 Å². The minimum absolute atomic E-state index is 0.235. The maximum absolute atomic E-state index is 7.46. The highest BCUT2D eigenvalue weighted by Crippen LogP contribution is 2.04. The van der Waals surface area contributed by atoms with Crippen LogP contribution in [0.25, 0.3) is 0 Å². The molecule has 0 bridgehead atoms. The Morgan fingerprint density at radius 3 is 2.64 bits per heavy atom. The lowest BCUT2D eigenvalue weighted by Crippen LogP contribution is -1.75. The van der Waals surface area contributed by atoms with Crippen molar-refractivity contribution in [2.24, 2.45) is 0 Å². The van der Waals surface area contributed by atoms with Gasteiger partial charge >= 0.3 is 0 Å². The maximum atomic E-state index is 7.46. The number of hydrogen-bond acceptors (Lipinski definition) is 0. The minimum atomic E-state index is 0.235. The molecule has 0 radical (unpaired) electrons. The second kappa shape index (κ2) is 9.48. The molecule has 0 heteroatoms. The zero-order valence-corrected chi connectivity index (χ0v) is 7.53. The quantitative estimate of drug-likeness (QED) is 0.383. The number of hydrogen-bond donors (Lipinski definition) is 0. The largest absolute Gasteiger partial charge is 0.0991 e. The Morgan fingerprint density at radius 2 is 2.00 bits per heavy atom. The lowest BCUT2D eigenvalue weighted by Gasteiger charge is -1.95. The molecule has 0 aliphatic carbocycles. The van der Waals surface area contributed by atoms with Gasteiger partial charge in [-0.05, 0) is 12.8 Å². The summed E-state index contributed by atoms with van der Waals surface area (Å²) < 4.78 is 14.5. The van der Waals surface area contributed by atoms with Crippen LogP contribution in [0.4, 0.5) is 0 Å². The van der Waals surface area contributed by atoms with Crippen molar-refractivity contribution in [1.82, 2.24) is 0 Å². The Morgan fingerprint density at radius 1 is 1.27 bits per heavy atom. The fraction of sp³-hybridized carbons (Fsp3) is 0.636. The summed E-state index contributed by atoms with van der Waals surface area (Å²) in [6.07, 6.45) is 8.42. The highest BCUT2D eigenvalue weighted by molar-refractivity contribution is 4.96. The van der Waals surface area contributed by atoms with Crippen molar-refractivity contribution in [3.8, 4) is 0 Å². The zero-order valence-electron chi connectivity index (χ0n) is 9.53. The van der Waals surface area contributed by atoms with E-state index in [1.165, 1.54) is 31.8 Å². The number of allylic oxidation sites excluding steroid dienone is 3. The molecule has 0 saturated carbocycles. The van der Waals surface area contributed by atoms with Gasteiger partial charge in [0.05, 0.1) is 2.74 Å². The SMILES string of the molecule is [2H]C(=C)/C=C(\[2H])CCCCCCC. The molecular weight excluding hydrogens is 132 g/mol. The molecule has 0 amide bonds. The summed E-state index contributed by atoms with van der Waals surface area (Å²) >= 11 is 0. The van der Waals surface area contributed by atoms with Crippen molar-refractivity contribution in [2.75, 3.05) is 0 Å². The van der Waals surface area contributed by atoms with Crippen molar-refractivity contribution < 1.29 is 2.74 Å². The first-order valence-corrected chi connectivity index (χ1v) is 4.49. The Hall–Kier alpha value is -0.520. The molecular formula is C11H20. The Labute approximate surface area is 73.8 Å². The van der Waals surface area contributed by atoms with Crippen LogP contribution >= 0.6 is 0 Å². The van der Waals surface area contributed by atoms with E-state index in [4.69, 9.17) is 2.74 Å². The monoisotopic (exact) mass is 154 g/mol. The molecule has 0 saturated heterocycles. The summed E-state index contributed by atoms with van der Waals surface area (Å²) in [4.78, 5) is 0. The van der Waals surface area contributed by atoms with E-state index in [9.17, 15) is 0 Å². The normalized spacial score (nSPS) is 14.1. The van der Waals surface area contributed by atoms with Gasteiger partial charge in [0.15, 0.2) is 0 Å². The topological polar surface area (TPSA) is 0 Å². The molecule has 0 rings (SSSR count). The van der Waals surface area contributed by atoms with Crippen LogP contribution in [0.2, 0.25) is 0 Å². The smallest absolute Gasteiger partial charge is 0.0616 e. The third kappa shape index (κ3) is 9.48. The van der Waals surface area contributed by atoms with Crippen molar-refractivity contribution in [3.63, 3.8) is 0 Å². The molecule has 0 fully saturated rings. The Bertz CT molecular complexity index is 171. The van der Waals surface area contributed by atoms with Gasteiger partial charge in [0.25, 0.3) is 0 Å². The second-order valence-electron chi connectivity index (χ2n) is 2.72. The fourth-order valence-electron chi connectivity index (χ4n) is 0.975. The molecule has 11 heavy (non-hydrogen) atoms. The van der Waals surface area contributed by atoms with Crippen LogP contribution in [-0.2, 0) is 0 Å². The summed E-state index contributed by atoms with van der Waals surface area (Å²) in [5, 5.41) is 0. The molecule has 0 aromatic rings. The van der Waals surface area contributed by atoms with Crippen LogP contribution in [0.3, 0.4) is 0 Å². The first-order valence-electron chi connectivity index (χ1n) is 5.49. The van der Waals surface area contributed by atoms with E-state index in [0.717, 1.165) is 12.8 Å². The first kappa shape index (κ1) is 7.15. The van der Waals surface area contributed by atoms with Gasteiger partial charge in [0, 0.05) is 0 Å². The van der Waals surface area contributed by atoms with E-state index >= 15 is 0 Å². The van der Waals surface area contributed by atoms with E-state index in [1.807, 2.05) is 0 Å². The van der Waals surface area contributed by atoms with Crippen LogP contribution in [0, 0.1) is 0 Å². The van der Waals surface area contributed by atoms with E-state index in [2.05, 4.69) is 13.5 Å². The van der Waals surface area contributed by atoms with E-state index in [0.29, 0.717) is 6.05 Å². The zero-order chi connectivity index (χ0) is 10.1. The van der Waals surface area contributed by atoms with Crippen LogP contribution < -0.4 is 0 Å². The lowest BCUT2D eigenvalue weighted by molar-refractivity contribution is 0.637. The van der Waals surface area contributed by atoms with E-state index in [1.54, 1.807) is 0 Å². The van der Waals surface area contributed by atoms with E-state index in [-0.39, 0.29) is 6.05 Å². The standard InChI is InChI=1S/C11H20/c1-3-5-7-9-11-10-8-6-4-2/h3,5,7H,1,4,6,8-11H2,2H3/b7-5+/i3D,7D. The predicted molar refractivity (Wildman–Crippen MR) is 52.7 cm³/mol. The van der Waals surface area contributed by atoms with Crippen molar-refractivity contribution in [1.29, 1.82) is 0 Å². The molecule has 0 heterocycles. The number of unbranched alkanes of at least 4 members (excludes halogenated alkanes) is 4. The first-order chi connectivity index (χ1) is 6.16. The van der Waals surface area contributed by atoms with Gasteiger partial charge in [-0.3, -0.25) is 0 Å². The molecule has 0 aliphatic rings. The Kier molecular flexibility index (Phi) is 6.16. The van der Waals surface area contributed by atoms with Gasteiger partial charge in [0.2, 0.25) is 0 Å². The summed E-state index contributed by atoms with van der Waals surface area (Å²) in [7, 11) is 0. The van der Waals surface area contributed by atoms with Crippen LogP contribution in [0.15, 0.2) is 24.8 Å². The van der Waals surface area contributed by atoms with E-state index < -0.39 is 0 Å². The summed E-state index contributed by atoms with van der Waals surface area (Å²) in [5.41, 5.74) is 0. The van der Waals surface area contributed by atoms with Gasteiger partial charge in [-0.25, -0.2) is 0 Å². The maximum Gasteiger partial charge on any atom is 0.0616 e. The third-order valence-electron chi connectivity index (χ3n) is 1.63. The van der Waals surface area contributed by atoms with Gasteiger partial charge in [-0.2, -0.15) is 0 Å². The highest BCUT2D eigenvalue weighted by atomic mass is 13.9. The summed E-state index contributed by atoms with van der Waals surface area (Å²) in [5.74, 6) is 0. The molecule has 64 valence electrons. The highest BCUT2D eigenvalue weighted by Gasteiger charge is 1.85. The summed E-state index contributed by atoms with van der Waals surface area (Å²) in [6.45, 7) is 5.62. The van der Waals surface area contributed by atoms with Crippen LogP contribution in [0.5, 0.6) is 0 Å². The van der Waals surface area contributed by atoms with Gasteiger partial charge in [-0.1, -0.05) is 57.4 Å². The molecule has 0 atom stereocenters. The molecule has 0 aromatic heterocycles. The fourth-order valence-corrected chi connectivity index (χ4v) is 0.975. The van der Waals surface area contributed by atoms with Crippen LogP contribution in [-0.4, -0.2) is 0 Å². The molecule has 0 N–H and O–H groups in total. The average molecular weight is 154 g/mol. The van der Waals surface area contributed by atoms with Crippen molar-refractivity contribution >= 4 is 0 Å². The predicted octanol–water partition coefficient (Wildman–Crippen LogP) is 4.09. The Balaban J connectivity index is 3.37. The third-order valence-corrected chi connectivity index (χ3v) is 1.63. The van der Waals surface area contributed by atoms with Crippen molar-refractivity contribution in [2.45, 2.75) is 45.4 Å². The minimum Gasteiger partial charge on any atom is -0.0991 e. The molecule has 0 nitrogen and oxygen atoms in total. The lowest BCUT2D eigenvalue weighted by atomic mass is 10.1. The van der Waals surface area contributed by atoms with Gasteiger partial charge < -0.3 is 0 Å². The average Bonchev–Trinajstić information content (AvgIpc) is 2.02.